The first-order chi connectivity index (χ1) is 11.6. The molecular formula is C16H13N5O3. The van der Waals surface area contributed by atoms with Gasteiger partial charge in [0.25, 0.3) is 0 Å². The molecule has 8 nitrogen and oxygen atoms in total. The van der Waals surface area contributed by atoms with E-state index in [2.05, 4.69) is 5.32 Å². The first-order valence-corrected chi connectivity index (χ1v) is 7.03. The number of allylic oxidation sites excluding steroid dienone is 2. The number of anilines is 2. The molecule has 8 heteroatoms. The van der Waals surface area contributed by atoms with Crippen LogP contribution < -0.4 is 10.2 Å². The Morgan fingerprint density at radius 3 is 2.38 bits per heavy atom. The highest BCUT2D eigenvalue weighted by molar-refractivity contribution is 5.98. The van der Waals surface area contributed by atoms with Crippen LogP contribution in [-0.2, 0) is 4.74 Å². The highest BCUT2D eigenvalue weighted by Crippen LogP contribution is 2.32. The van der Waals surface area contributed by atoms with Gasteiger partial charge in [-0.15, -0.1) is 0 Å². The fourth-order valence-corrected chi connectivity index (χ4v) is 2.36. The van der Waals surface area contributed by atoms with Crippen molar-refractivity contribution in [1.29, 1.82) is 15.8 Å². The summed E-state index contributed by atoms with van der Waals surface area (Å²) in [4.78, 5) is 13.4. The van der Waals surface area contributed by atoms with Gasteiger partial charge in [0.1, 0.15) is 23.9 Å². The molecule has 1 heterocycles. The van der Waals surface area contributed by atoms with Crippen LogP contribution in [0.4, 0.5) is 11.4 Å². The van der Waals surface area contributed by atoms with Crippen LogP contribution in [-0.4, -0.2) is 37.4 Å². The third-order valence-electron chi connectivity index (χ3n) is 3.44. The van der Waals surface area contributed by atoms with Crippen molar-refractivity contribution in [3.05, 3.63) is 35.0 Å². The summed E-state index contributed by atoms with van der Waals surface area (Å²) in [6.07, 6.45) is 0. The standard InChI is InChI=1S/C16H13N5O3/c17-8-11(9-18)14(10-19)20-13-3-1-2-12(16(22)23)15(13)21-4-6-24-7-5-21/h1-3,20H,4-7H2,(H,22,23). The van der Waals surface area contributed by atoms with Gasteiger partial charge in [-0.05, 0) is 12.1 Å². The van der Waals surface area contributed by atoms with E-state index in [1.165, 1.54) is 12.1 Å². The number of morpholine rings is 1. The largest absolute Gasteiger partial charge is 0.478 e. The lowest BCUT2D eigenvalue weighted by molar-refractivity contribution is 0.0696. The molecule has 1 aliphatic rings. The summed E-state index contributed by atoms with van der Waals surface area (Å²) in [5, 5.41) is 39.2. The van der Waals surface area contributed by atoms with Gasteiger partial charge in [0.05, 0.1) is 30.2 Å². The van der Waals surface area contributed by atoms with Crippen LogP contribution in [0.3, 0.4) is 0 Å². The number of hydrogen-bond acceptors (Lipinski definition) is 7. The zero-order chi connectivity index (χ0) is 17.5. The van der Waals surface area contributed by atoms with E-state index in [1.54, 1.807) is 24.3 Å². The molecule has 1 fully saturated rings. The fraction of sp³-hybridized carbons (Fsp3) is 0.250. The van der Waals surface area contributed by atoms with Crippen LogP contribution in [0.15, 0.2) is 29.5 Å². The number of nitrogens with one attached hydrogen (secondary N) is 1. The summed E-state index contributed by atoms with van der Waals surface area (Å²) >= 11 is 0. The van der Waals surface area contributed by atoms with Crippen molar-refractivity contribution < 1.29 is 14.6 Å². The SMILES string of the molecule is N#CC(C#N)=C(C#N)Nc1cccc(C(=O)O)c1N1CCOCC1. The Hall–Kier alpha value is -3.54. The van der Waals surface area contributed by atoms with Crippen LogP contribution in [0.2, 0.25) is 0 Å². The average molecular weight is 323 g/mol. The van der Waals surface area contributed by atoms with Gasteiger partial charge in [-0.1, -0.05) is 6.07 Å². The summed E-state index contributed by atoms with van der Waals surface area (Å²) in [6, 6.07) is 9.64. The van der Waals surface area contributed by atoms with E-state index < -0.39 is 5.97 Å². The number of benzene rings is 1. The Bertz CT molecular complexity index is 788. The monoisotopic (exact) mass is 323 g/mol. The van der Waals surface area contributed by atoms with Crippen LogP contribution in [0.25, 0.3) is 0 Å². The summed E-state index contributed by atoms with van der Waals surface area (Å²) in [7, 11) is 0. The average Bonchev–Trinajstić information content (AvgIpc) is 2.62. The number of nitriles is 3. The molecule has 1 saturated heterocycles. The highest BCUT2D eigenvalue weighted by atomic mass is 16.5. The number of ether oxygens (including phenoxy) is 1. The minimum atomic E-state index is -1.11. The van der Waals surface area contributed by atoms with Crippen molar-refractivity contribution >= 4 is 17.3 Å². The summed E-state index contributed by atoms with van der Waals surface area (Å²) in [5.41, 5.74) is 0.213. The summed E-state index contributed by atoms with van der Waals surface area (Å²) < 4.78 is 5.28. The Balaban J connectivity index is 2.54. The maximum atomic E-state index is 11.6. The highest BCUT2D eigenvalue weighted by Gasteiger charge is 2.22. The van der Waals surface area contributed by atoms with E-state index >= 15 is 0 Å². The summed E-state index contributed by atoms with van der Waals surface area (Å²) in [6.45, 7) is 1.90. The van der Waals surface area contributed by atoms with E-state index in [0.29, 0.717) is 37.7 Å². The Labute approximate surface area is 138 Å². The molecule has 2 rings (SSSR count). The van der Waals surface area contributed by atoms with Crippen molar-refractivity contribution in [3.8, 4) is 18.2 Å². The molecule has 0 unspecified atom stereocenters. The third-order valence-corrected chi connectivity index (χ3v) is 3.44. The zero-order valence-corrected chi connectivity index (χ0v) is 12.6. The molecule has 0 radical (unpaired) electrons. The molecule has 0 atom stereocenters. The maximum absolute atomic E-state index is 11.6. The van der Waals surface area contributed by atoms with E-state index in [9.17, 15) is 15.2 Å². The topological polar surface area (TPSA) is 133 Å². The number of carboxylic acid groups (broad SMARTS) is 1. The van der Waals surface area contributed by atoms with Gasteiger partial charge >= 0.3 is 5.97 Å². The van der Waals surface area contributed by atoms with Crippen LogP contribution in [0.1, 0.15) is 10.4 Å². The molecule has 0 amide bonds. The van der Waals surface area contributed by atoms with Crippen LogP contribution in [0, 0.1) is 34.0 Å². The molecule has 1 aromatic rings. The van der Waals surface area contributed by atoms with Gasteiger partial charge in [-0.2, -0.15) is 15.8 Å². The van der Waals surface area contributed by atoms with Gasteiger partial charge in [0.2, 0.25) is 0 Å². The molecule has 0 aromatic heterocycles. The third kappa shape index (κ3) is 3.44. The van der Waals surface area contributed by atoms with Gasteiger partial charge in [0.15, 0.2) is 5.57 Å². The van der Waals surface area contributed by atoms with Crippen molar-refractivity contribution in [3.63, 3.8) is 0 Å². The summed E-state index contributed by atoms with van der Waals surface area (Å²) in [5.74, 6) is -1.11. The lowest BCUT2D eigenvalue weighted by Crippen LogP contribution is -2.37. The van der Waals surface area contributed by atoms with Gasteiger partial charge in [-0.3, -0.25) is 0 Å². The molecule has 120 valence electrons. The van der Waals surface area contributed by atoms with E-state index in [4.69, 9.17) is 15.3 Å². The Morgan fingerprint density at radius 2 is 1.83 bits per heavy atom. The predicted molar refractivity (Wildman–Crippen MR) is 83.9 cm³/mol. The second-order valence-electron chi connectivity index (χ2n) is 4.82. The Morgan fingerprint density at radius 1 is 1.17 bits per heavy atom. The van der Waals surface area contributed by atoms with Gasteiger partial charge in [0, 0.05) is 13.1 Å². The Kier molecular flexibility index (Phi) is 5.36. The number of carboxylic acids is 1. The van der Waals surface area contributed by atoms with Gasteiger partial charge < -0.3 is 20.1 Å². The van der Waals surface area contributed by atoms with Crippen molar-refractivity contribution in [1.82, 2.24) is 0 Å². The number of nitrogens with zero attached hydrogens (tertiary/aromatic N) is 4. The lowest BCUT2D eigenvalue weighted by atomic mass is 10.1. The van der Waals surface area contributed by atoms with Gasteiger partial charge in [-0.25, -0.2) is 4.79 Å². The predicted octanol–water partition coefficient (Wildman–Crippen LogP) is 1.46. The minimum Gasteiger partial charge on any atom is -0.478 e. The van der Waals surface area contributed by atoms with E-state index in [0.717, 1.165) is 0 Å². The van der Waals surface area contributed by atoms with Crippen LogP contribution >= 0.6 is 0 Å². The quantitative estimate of drug-likeness (QED) is 0.795. The minimum absolute atomic E-state index is 0.0645. The smallest absolute Gasteiger partial charge is 0.337 e. The maximum Gasteiger partial charge on any atom is 0.337 e. The molecule has 2 N–H and O–H groups in total. The zero-order valence-electron chi connectivity index (χ0n) is 12.6. The number of carbonyl (C=O) groups is 1. The molecule has 24 heavy (non-hydrogen) atoms. The molecule has 0 aliphatic carbocycles. The second-order valence-corrected chi connectivity index (χ2v) is 4.82. The molecule has 0 saturated carbocycles. The van der Waals surface area contributed by atoms with Crippen molar-refractivity contribution in [2.24, 2.45) is 0 Å². The van der Waals surface area contributed by atoms with Crippen molar-refractivity contribution in [2.45, 2.75) is 0 Å². The first-order valence-electron chi connectivity index (χ1n) is 7.03. The molecule has 1 aliphatic heterocycles. The second kappa shape index (κ2) is 7.64. The first kappa shape index (κ1) is 16.8. The number of hydrogen-bond donors (Lipinski definition) is 2. The van der Waals surface area contributed by atoms with Crippen LogP contribution in [0.5, 0.6) is 0 Å². The fourth-order valence-electron chi connectivity index (χ4n) is 2.36. The molecule has 0 spiro atoms. The normalized spacial score (nSPS) is 13.1. The number of aromatic carboxylic acids is 1. The van der Waals surface area contributed by atoms with Crippen molar-refractivity contribution in [2.75, 3.05) is 36.5 Å². The number of para-hydroxylation sites is 1. The molecule has 0 bridgehead atoms. The van der Waals surface area contributed by atoms with E-state index in [-0.39, 0.29) is 16.8 Å². The lowest BCUT2D eigenvalue weighted by Gasteiger charge is -2.31. The number of rotatable bonds is 4. The molecular weight excluding hydrogens is 310 g/mol. The molecule has 1 aromatic carbocycles. The van der Waals surface area contributed by atoms with E-state index in [1.807, 2.05) is 4.90 Å².